The lowest BCUT2D eigenvalue weighted by atomic mass is 10.0. The van der Waals surface area contributed by atoms with E-state index in [-0.39, 0.29) is 6.04 Å². The summed E-state index contributed by atoms with van der Waals surface area (Å²) in [5.74, 6) is 1.55. The summed E-state index contributed by atoms with van der Waals surface area (Å²) < 4.78 is 0. The van der Waals surface area contributed by atoms with E-state index in [0.29, 0.717) is 5.92 Å². The molecule has 1 unspecified atom stereocenters. The number of hydrogen-bond acceptors (Lipinski definition) is 4. The highest BCUT2D eigenvalue weighted by atomic mass is 15.3. The van der Waals surface area contributed by atoms with Crippen LogP contribution in [0.4, 0.5) is 5.95 Å². The lowest BCUT2D eigenvalue weighted by molar-refractivity contribution is 0.711. The Morgan fingerprint density at radius 1 is 1.12 bits per heavy atom. The summed E-state index contributed by atoms with van der Waals surface area (Å²) in [6.45, 7) is 1.88. The summed E-state index contributed by atoms with van der Waals surface area (Å²) in [7, 11) is 0. The molecule has 0 bridgehead atoms. The summed E-state index contributed by atoms with van der Waals surface area (Å²) in [4.78, 5) is 11.2. The Morgan fingerprint density at radius 2 is 1.82 bits per heavy atom. The molecule has 4 nitrogen and oxygen atoms in total. The molecule has 0 spiro atoms. The van der Waals surface area contributed by atoms with Crippen LogP contribution in [0.5, 0.6) is 0 Å². The Labute approximate surface area is 102 Å². The minimum Gasteiger partial charge on any atom is -0.339 e. The average Bonchev–Trinajstić information content (AvgIpc) is 3.00. The number of anilines is 1. The summed E-state index contributed by atoms with van der Waals surface area (Å²) in [5, 5.41) is 0. The van der Waals surface area contributed by atoms with Crippen LogP contribution in [0.1, 0.15) is 43.6 Å². The van der Waals surface area contributed by atoms with Crippen molar-refractivity contribution < 1.29 is 0 Å². The van der Waals surface area contributed by atoms with Crippen molar-refractivity contribution in [3.63, 3.8) is 0 Å². The van der Waals surface area contributed by atoms with Gasteiger partial charge in [0, 0.05) is 31.5 Å². The first-order valence-electron chi connectivity index (χ1n) is 6.65. The minimum atomic E-state index is 0.285. The third kappa shape index (κ3) is 2.27. The molecule has 17 heavy (non-hydrogen) atoms. The van der Waals surface area contributed by atoms with Gasteiger partial charge in [-0.1, -0.05) is 12.8 Å². The highest BCUT2D eigenvalue weighted by Crippen LogP contribution is 2.33. The molecule has 1 atom stereocenters. The molecule has 1 aromatic rings. The molecule has 0 amide bonds. The molecular weight excluding hydrogens is 212 g/mol. The van der Waals surface area contributed by atoms with Crippen LogP contribution >= 0.6 is 0 Å². The first-order valence-corrected chi connectivity index (χ1v) is 6.65. The fraction of sp³-hybridized carbons (Fsp3) is 0.692. The molecule has 2 heterocycles. The standard InChI is InChI=1S/C13H20N4/c14-12-5-6-17(9-12)13-15-7-11(8-16-13)10-3-1-2-4-10/h7-8,10,12H,1-6,9,14H2. The first-order chi connectivity index (χ1) is 8.33. The molecule has 2 N–H and O–H groups in total. The van der Waals surface area contributed by atoms with Crippen LogP contribution < -0.4 is 10.6 Å². The maximum absolute atomic E-state index is 5.89. The van der Waals surface area contributed by atoms with Crippen molar-refractivity contribution >= 4 is 5.95 Å². The van der Waals surface area contributed by atoms with Gasteiger partial charge in [-0.2, -0.15) is 0 Å². The fourth-order valence-electron chi connectivity index (χ4n) is 2.93. The van der Waals surface area contributed by atoms with Gasteiger partial charge in [0.05, 0.1) is 0 Å². The fourth-order valence-corrected chi connectivity index (χ4v) is 2.93. The van der Waals surface area contributed by atoms with Gasteiger partial charge in [0.15, 0.2) is 0 Å². The molecule has 3 rings (SSSR count). The lowest BCUT2D eigenvalue weighted by Gasteiger charge is -2.16. The van der Waals surface area contributed by atoms with Crippen LogP contribution in [0, 0.1) is 0 Å². The summed E-state index contributed by atoms with van der Waals surface area (Å²) in [5.41, 5.74) is 7.21. The van der Waals surface area contributed by atoms with Crippen LogP contribution in [0.2, 0.25) is 0 Å². The van der Waals surface area contributed by atoms with Gasteiger partial charge in [-0.05, 0) is 30.7 Å². The van der Waals surface area contributed by atoms with E-state index >= 15 is 0 Å². The topological polar surface area (TPSA) is 55.0 Å². The number of nitrogens with zero attached hydrogens (tertiary/aromatic N) is 3. The van der Waals surface area contributed by atoms with Gasteiger partial charge in [-0.15, -0.1) is 0 Å². The Morgan fingerprint density at radius 3 is 2.41 bits per heavy atom. The van der Waals surface area contributed by atoms with Crippen LogP contribution in [-0.4, -0.2) is 29.1 Å². The summed E-state index contributed by atoms with van der Waals surface area (Å²) in [6, 6.07) is 0.285. The number of nitrogens with two attached hydrogens (primary N) is 1. The first kappa shape index (κ1) is 11.0. The molecule has 1 aromatic heterocycles. The quantitative estimate of drug-likeness (QED) is 0.842. The van der Waals surface area contributed by atoms with Gasteiger partial charge >= 0.3 is 0 Å². The second kappa shape index (κ2) is 4.61. The predicted octanol–water partition coefficient (Wildman–Crippen LogP) is 1.67. The van der Waals surface area contributed by atoms with E-state index in [1.54, 1.807) is 0 Å². The normalized spacial score (nSPS) is 25.7. The molecule has 92 valence electrons. The van der Waals surface area contributed by atoms with Gasteiger partial charge in [0.1, 0.15) is 0 Å². The predicted molar refractivity (Wildman–Crippen MR) is 68.0 cm³/mol. The van der Waals surface area contributed by atoms with Gasteiger partial charge in [0.2, 0.25) is 5.95 Å². The SMILES string of the molecule is NC1CCN(c2ncc(C3CCCC3)cn2)C1. The van der Waals surface area contributed by atoms with Gasteiger partial charge in [-0.3, -0.25) is 0 Å². The van der Waals surface area contributed by atoms with Crippen molar-refractivity contribution in [3.8, 4) is 0 Å². The van der Waals surface area contributed by atoms with Crippen molar-refractivity contribution in [1.82, 2.24) is 9.97 Å². The Balaban J connectivity index is 1.71. The average molecular weight is 232 g/mol. The molecule has 0 aromatic carbocycles. The van der Waals surface area contributed by atoms with E-state index in [1.165, 1.54) is 31.2 Å². The zero-order valence-electron chi connectivity index (χ0n) is 10.2. The van der Waals surface area contributed by atoms with Gasteiger partial charge < -0.3 is 10.6 Å². The Hall–Kier alpha value is -1.16. The van der Waals surface area contributed by atoms with Crippen LogP contribution in [0.15, 0.2) is 12.4 Å². The maximum atomic E-state index is 5.89. The van der Waals surface area contributed by atoms with Crippen molar-refractivity contribution in [2.75, 3.05) is 18.0 Å². The third-order valence-electron chi connectivity index (χ3n) is 3.99. The van der Waals surface area contributed by atoms with Crippen molar-refractivity contribution in [2.24, 2.45) is 5.73 Å². The monoisotopic (exact) mass is 232 g/mol. The number of aromatic nitrogens is 2. The molecular formula is C13H20N4. The van der Waals surface area contributed by atoms with E-state index in [2.05, 4.69) is 14.9 Å². The van der Waals surface area contributed by atoms with Crippen LogP contribution in [-0.2, 0) is 0 Å². The largest absolute Gasteiger partial charge is 0.339 e. The Bertz CT molecular complexity index is 370. The highest BCUT2D eigenvalue weighted by molar-refractivity contribution is 5.32. The van der Waals surface area contributed by atoms with Gasteiger partial charge in [0.25, 0.3) is 0 Å². The molecule has 2 fully saturated rings. The van der Waals surface area contributed by atoms with Gasteiger partial charge in [-0.25, -0.2) is 9.97 Å². The van der Waals surface area contributed by atoms with E-state index in [4.69, 9.17) is 5.73 Å². The van der Waals surface area contributed by atoms with Crippen LogP contribution in [0.3, 0.4) is 0 Å². The lowest BCUT2D eigenvalue weighted by Crippen LogP contribution is -2.27. The maximum Gasteiger partial charge on any atom is 0.225 e. The smallest absolute Gasteiger partial charge is 0.225 e. The van der Waals surface area contributed by atoms with E-state index in [9.17, 15) is 0 Å². The molecule has 1 saturated carbocycles. The summed E-state index contributed by atoms with van der Waals surface area (Å²) >= 11 is 0. The molecule has 0 radical (unpaired) electrons. The second-order valence-corrected chi connectivity index (χ2v) is 5.29. The molecule has 2 aliphatic rings. The number of rotatable bonds is 2. The van der Waals surface area contributed by atoms with E-state index < -0.39 is 0 Å². The summed E-state index contributed by atoms with van der Waals surface area (Å²) in [6.07, 6.45) is 10.4. The zero-order chi connectivity index (χ0) is 11.7. The minimum absolute atomic E-state index is 0.285. The van der Waals surface area contributed by atoms with E-state index in [1.807, 2.05) is 12.4 Å². The second-order valence-electron chi connectivity index (χ2n) is 5.29. The molecule has 1 aliphatic heterocycles. The van der Waals surface area contributed by atoms with Crippen molar-refractivity contribution in [1.29, 1.82) is 0 Å². The number of hydrogen-bond donors (Lipinski definition) is 1. The Kier molecular flexibility index (Phi) is 2.97. The molecule has 1 saturated heterocycles. The molecule has 1 aliphatic carbocycles. The molecule has 4 heteroatoms. The van der Waals surface area contributed by atoms with Crippen molar-refractivity contribution in [3.05, 3.63) is 18.0 Å². The van der Waals surface area contributed by atoms with Crippen LogP contribution in [0.25, 0.3) is 0 Å². The third-order valence-corrected chi connectivity index (χ3v) is 3.99. The van der Waals surface area contributed by atoms with E-state index in [0.717, 1.165) is 25.5 Å². The zero-order valence-corrected chi connectivity index (χ0v) is 10.2. The highest BCUT2D eigenvalue weighted by Gasteiger charge is 2.22. The van der Waals surface area contributed by atoms with Crippen molar-refractivity contribution in [2.45, 2.75) is 44.1 Å².